The van der Waals surface area contributed by atoms with Crippen LogP contribution in [0.4, 0.5) is 5.69 Å². The highest BCUT2D eigenvalue weighted by Gasteiger charge is 2.16. The minimum atomic E-state index is -0.0452. The van der Waals surface area contributed by atoms with Crippen LogP contribution in [-0.4, -0.2) is 44.0 Å². The molecule has 0 radical (unpaired) electrons. The molecule has 4 aromatic rings. The summed E-state index contributed by atoms with van der Waals surface area (Å²) >= 11 is 1.43. The molecule has 0 unspecified atom stereocenters. The number of nitrogens with zero attached hydrogens (tertiary/aromatic N) is 3. The fraction of sp³-hybridized carbons (Fsp3) is 0.238. The Kier molecular flexibility index (Phi) is 5.02. The number of hydrogen-bond donors (Lipinski definition) is 0. The lowest BCUT2D eigenvalue weighted by Crippen LogP contribution is -2.22. The number of likely N-dealkylation sites (N-methyl/N-ethyl adjacent to an activating group) is 1. The predicted octanol–water partition coefficient (Wildman–Crippen LogP) is 3.69. The maximum absolute atomic E-state index is 13.2. The predicted molar refractivity (Wildman–Crippen MR) is 114 cm³/mol. The van der Waals surface area contributed by atoms with E-state index in [0.717, 1.165) is 39.3 Å². The van der Waals surface area contributed by atoms with E-state index in [0.29, 0.717) is 11.3 Å². The number of thiophene rings is 1. The van der Waals surface area contributed by atoms with Crippen LogP contribution in [0.3, 0.4) is 0 Å². The SMILES string of the molecule is COCCN(C)c1ccnc2sc3c(=O)n(-c4ccc(OC)cc4)ccc3c12. The second-order valence-electron chi connectivity index (χ2n) is 6.46. The van der Waals surface area contributed by atoms with Crippen LogP contribution in [0.25, 0.3) is 26.0 Å². The highest BCUT2D eigenvalue weighted by atomic mass is 32.1. The summed E-state index contributed by atoms with van der Waals surface area (Å²) in [5.74, 6) is 0.757. The molecule has 3 heterocycles. The zero-order chi connectivity index (χ0) is 19.7. The molecule has 28 heavy (non-hydrogen) atoms. The van der Waals surface area contributed by atoms with Crippen molar-refractivity contribution in [2.75, 3.05) is 39.3 Å². The molecule has 3 aromatic heterocycles. The second-order valence-corrected chi connectivity index (χ2v) is 7.46. The molecule has 144 valence electrons. The largest absolute Gasteiger partial charge is 0.497 e. The number of pyridine rings is 2. The van der Waals surface area contributed by atoms with Gasteiger partial charge in [0.2, 0.25) is 0 Å². The average molecular weight is 395 g/mol. The van der Waals surface area contributed by atoms with Gasteiger partial charge in [-0.25, -0.2) is 4.98 Å². The molecule has 0 bridgehead atoms. The first-order chi connectivity index (χ1) is 13.6. The van der Waals surface area contributed by atoms with Crippen LogP contribution < -0.4 is 15.2 Å². The Hall–Kier alpha value is -2.90. The molecule has 0 aliphatic carbocycles. The van der Waals surface area contributed by atoms with Crippen LogP contribution >= 0.6 is 11.3 Å². The molecule has 0 fully saturated rings. The number of anilines is 1. The third kappa shape index (κ3) is 3.12. The van der Waals surface area contributed by atoms with Gasteiger partial charge < -0.3 is 14.4 Å². The van der Waals surface area contributed by atoms with Gasteiger partial charge in [0.15, 0.2) is 0 Å². The lowest BCUT2D eigenvalue weighted by atomic mass is 10.2. The number of fused-ring (bicyclic) bond motifs is 3. The third-order valence-corrected chi connectivity index (χ3v) is 5.90. The number of hydrogen-bond acceptors (Lipinski definition) is 6. The Balaban J connectivity index is 1.87. The van der Waals surface area contributed by atoms with Gasteiger partial charge in [-0.1, -0.05) is 0 Å². The number of rotatable bonds is 6. The Morgan fingerprint density at radius 2 is 1.93 bits per heavy atom. The molecule has 0 saturated heterocycles. The van der Waals surface area contributed by atoms with Gasteiger partial charge >= 0.3 is 0 Å². The molecule has 4 rings (SSSR count). The summed E-state index contributed by atoms with van der Waals surface area (Å²) < 4.78 is 12.8. The highest BCUT2D eigenvalue weighted by Crippen LogP contribution is 2.36. The van der Waals surface area contributed by atoms with Gasteiger partial charge in [0.25, 0.3) is 5.56 Å². The van der Waals surface area contributed by atoms with Crippen molar-refractivity contribution in [3.05, 3.63) is 59.1 Å². The maximum atomic E-state index is 13.2. The van der Waals surface area contributed by atoms with Crippen LogP contribution in [0.2, 0.25) is 0 Å². The Labute approximate surface area is 166 Å². The van der Waals surface area contributed by atoms with E-state index in [1.54, 1.807) is 25.0 Å². The van der Waals surface area contributed by atoms with Gasteiger partial charge in [0.05, 0.1) is 13.7 Å². The molecule has 0 amide bonds. The van der Waals surface area contributed by atoms with E-state index in [1.165, 1.54) is 11.3 Å². The topological polar surface area (TPSA) is 56.6 Å². The minimum absolute atomic E-state index is 0.0452. The maximum Gasteiger partial charge on any atom is 0.273 e. The number of aromatic nitrogens is 2. The van der Waals surface area contributed by atoms with E-state index in [9.17, 15) is 4.79 Å². The van der Waals surface area contributed by atoms with E-state index >= 15 is 0 Å². The molecule has 7 heteroatoms. The van der Waals surface area contributed by atoms with Gasteiger partial charge in [-0.05, 0) is 36.4 Å². The normalized spacial score (nSPS) is 11.2. The van der Waals surface area contributed by atoms with E-state index in [1.807, 2.05) is 49.6 Å². The highest BCUT2D eigenvalue weighted by molar-refractivity contribution is 7.25. The fourth-order valence-corrected chi connectivity index (χ4v) is 4.37. The van der Waals surface area contributed by atoms with E-state index < -0.39 is 0 Å². The lowest BCUT2D eigenvalue weighted by Gasteiger charge is -2.19. The molecular weight excluding hydrogens is 374 g/mol. The van der Waals surface area contributed by atoms with Crippen molar-refractivity contribution >= 4 is 37.3 Å². The first-order valence-electron chi connectivity index (χ1n) is 8.91. The van der Waals surface area contributed by atoms with Crippen LogP contribution in [0, 0.1) is 0 Å². The van der Waals surface area contributed by atoms with Gasteiger partial charge in [-0.3, -0.25) is 9.36 Å². The molecule has 0 aliphatic rings. The summed E-state index contributed by atoms with van der Waals surface area (Å²) in [6.45, 7) is 1.39. The molecule has 6 nitrogen and oxygen atoms in total. The standard InChI is InChI=1S/C21H21N3O3S/c1-23(12-13-26-2)17-8-10-22-20-18(17)16-9-11-24(21(25)19(16)28-20)14-4-6-15(27-3)7-5-14/h4-11H,12-13H2,1-3H3. The van der Waals surface area contributed by atoms with Crippen LogP contribution in [0.15, 0.2) is 53.6 Å². The molecule has 0 spiro atoms. The quantitative estimate of drug-likeness (QED) is 0.498. The Morgan fingerprint density at radius 1 is 1.14 bits per heavy atom. The molecule has 0 aliphatic heterocycles. The van der Waals surface area contributed by atoms with Crippen molar-refractivity contribution in [2.45, 2.75) is 0 Å². The summed E-state index contributed by atoms with van der Waals surface area (Å²) in [7, 11) is 5.34. The van der Waals surface area contributed by atoms with E-state index in [2.05, 4.69) is 9.88 Å². The monoisotopic (exact) mass is 395 g/mol. The summed E-state index contributed by atoms with van der Waals surface area (Å²) in [5.41, 5.74) is 1.81. The summed E-state index contributed by atoms with van der Waals surface area (Å²) in [6, 6.07) is 11.4. The van der Waals surface area contributed by atoms with Crippen molar-refractivity contribution in [3.63, 3.8) is 0 Å². The lowest BCUT2D eigenvalue weighted by molar-refractivity contribution is 0.206. The van der Waals surface area contributed by atoms with Gasteiger partial charge in [0.1, 0.15) is 15.3 Å². The Morgan fingerprint density at radius 3 is 2.64 bits per heavy atom. The molecule has 0 saturated carbocycles. The van der Waals surface area contributed by atoms with Crippen molar-refractivity contribution in [1.82, 2.24) is 9.55 Å². The van der Waals surface area contributed by atoms with Crippen molar-refractivity contribution in [2.24, 2.45) is 0 Å². The van der Waals surface area contributed by atoms with E-state index in [4.69, 9.17) is 9.47 Å². The number of ether oxygens (including phenoxy) is 2. The van der Waals surface area contributed by atoms with Gasteiger partial charge in [0, 0.05) is 55.2 Å². The van der Waals surface area contributed by atoms with Crippen LogP contribution in [0.1, 0.15) is 0 Å². The molecular formula is C21H21N3O3S. The smallest absolute Gasteiger partial charge is 0.273 e. The molecule has 0 N–H and O–H groups in total. The summed E-state index contributed by atoms with van der Waals surface area (Å²) in [6.07, 6.45) is 3.61. The first kappa shape index (κ1) is 18.5. The van der Waals surface area contributed by atoms with Crippen LogP contribution in [0.5, 0.6) is 5.75 Å². The first-order valence-corrected chi connectivity index (χ1v) is 9.73. The Bertz CT molecular complexity index is 1180. The summed E-state index contributed by atoms with van der Waals surface area (Å²) in [4.78, 5) is 20.7. The van der Waals surface area contributed by atoms with Gasteiger partial charge in [-0.15, -0.1) is 11.3 Å². The van der Waals surface area contributed by atoms with Gasteiger partial charge in [-0.2, -0.15) is 0 Å². The van der Waals surface area contributed by atoms with E-state index in [-0.39, 0.29) is 5.56 Å². The minimum Gasteiger partial charge on any atom is -0.497 e. The third-order valence-electron chi connectivity index (χ3n) is 4.80. The molecule has 1 aromatic carbocycles. The van der Waals surface area contributed by atoms with Crippen molar-refractivity contribution in [3.8, 4) is 11.4 Å². The fourth-order valence-electron chi connectivity index (χ4n) is 3.29. The zero-order valence-corrected chi connectivity index (χ0v) is 16.8. The van der Waals surface area contributed by atoms with Crippen LogP contribution in [-0.2, 0) is 4.74 Å². The number of methoxy groups -OCH3 is 2. The van der Waals surface area contributed by atoms with Crippen molar-refractivity contribution in [1.29, 1.82) is 0 Å². The second kappa shape index (κ2) is 7.61. The van der Waals surface area contributed by atoms with Crippen molar-refractivity contribution < 1.29 is 9.47 Å². The zero-order valence-electron chi connectivity index (χ0n) is 16.0. The molecule has 0 atom stereocenters. The number of benzene rings is 1. The summed E-state index contributed by atoms with van der Waals surface area (Å²) in [5, 5.41) is 1.95. The average Bonchev–Trinajstić information content (AvgIpc) is 3.12.